The molecule has 19 heavy (non-hydrogen) atoms. The van der Waals surface area contributed by atoms with E-state index in [2.05, 4.69) is 10.3 Å². The van der Waals surface area contributed by atoms with Crippen LogP contribution in [0.5, 0.6) is 0 Å². The maximum absolute atomic E-state index is 11.4. The largest absolute Gasteiger partial charge is 0.441 e. The fourth-order valence-corrected chi connectivity index (χ4v) is 1.78. The Bertz CT molecular complexity index is 580. The van der Waals surface area contributed by atoms with E-state index in [9.17, 15) is 4.79 Å². The van der Waals surface area contributed by atoms with Crippen LogP contribution in [0.3, 0.4) is 0 Å². The molecule has 0 fully saturated rings. The molecule has 0 aliphatic rings. The summed E-state index contributed by atoms with van der Waals surface area (Å²) in [5.41, 5.74) is 8.00. The van der Waals surface area contributed by atoms with Gasteiger partial charge in [0.15, 0.2) is 11.5 Å². The molecule has 1 heterocycles. The summed E-state index contributed by atoms with van der Waals surface area (Å²) in [4.78, 5) is 15.6. The molecular formula is C13H17N3O3. The first-order chi connectivity index (χ1) is 9.10. The van der Waals surface area contributed by atoms with Gasteiger partial charge in [-0.3, -0.25) is 4.79 Å². The Balaban J connectivity index is 1.92. The first-order valence-electron chi connectivity index (χ1n) is 6.10. The van der Waals surface area contributed by atoms with Gasteiger partial charge in [0.05, 0.1) is 6.61 Å². The standard InChI is InChI=1S/C13H17N3O3/c1-8-16-11-3-2-9(6-12(11)19-8)4-5-15-13(18)10(14)7-17/h2-3,6,10,17H,4-5,7,14H2,1H3,(H,15,18). The quantitative estimate of drug-likeness (QED) is 0.711. The maximum Gasteiger partial charge on any atom is 0.239 e. The lowest BCUT2D eigenvalue weighted by Gasteiger charge is -2.09. The molecule has 0 spiro atoms. The van der Waals surface area contributed by atoms with E-state index < -0.39 is 6.04 Å². The van der Waals surface area contributed by atoms with Crippen molar-refractivity contribution < 1.29 is 14.3 Å². The smallest absolute Gasteiger partial charge is 0.239 e. The van der Waals surface area contributed by atoms with Gasteiger partial charge in [-0.15, -0.1) is 0 Å². The predicted octanol–water partition coefficient (Wildman–Crippen LogP) is 0.115. The molecule has 1 aromatic heterocycles. The minimum Gasteiger partial charge on any atom is -0.441 e. The van der Waals surface area contributed by atoms with Crippen LogP contribution in [0.2, 0.25) is 0 Å². The summed E-state index contributed by atoms with van der Waals surface area (Å²) in [7, 11) is 0. The summed E-state index contributed by atoms with van der Waals surface area (Å²) in [6.45, 7) is 1.91. The highest BCUT2D eigenvalue weighted by Crippen LogP contribution is 2.16. The molecule has 6 nitrogen and oxygen atoms in total. The van der Waals surface area contributed by atoms with Crippen LogP contribution in [0, 0.1) is 6.92 Å². The van der Waals surface area contributed by atoms with Crippen LogP contribution in [0.4, 0.5) is 0 Å². The number of nitrogens with one attached hydrogen (secondary N) is 1. The van der Waals surface area contributed by atoms with Gasteiger partial charge in [0, 0.05) is 13.5 Å². The number of aryl methyl sites for hydroxylation is 1. The Morgan fingerprint density at radius 2 is 2.37 bits per heavy atom. The van der Waals surface area contributed by atoms with Gasteiger partial charge >= 0.3 is 0 Å². The van der Waals surface area contributed by atoms with Crippen molar-refractivity contribution in [2.75, 3.05) is 13.2 Å². The number of rotatable bonds is 5. The minimum absolute atomic E-state index is 0.348. The first-order valence-corrected chi connectivity index (χ1v) is 6.10. The number of hydrogen-bond donors (Lipinski definition) is 3. The highest BCUT2D eigenvalue weighted by atomic mass is 16.3. The zero-order valence-electron chi connectivity index (χ0n) is 10.7. The molecule has 0 bridgehead atoms. The van der Waals surface area contributed by atoms with Gasteiger partial charge in [-0.2, -0.15) is 0 Å². The predicted molar refractivity (Wildman–Crippen MR) is 70.5 cm³/mol. The second-order valence-corrected chi connectivity index (χ2v) is 4.37. The lowest BCUT2D eigenvalue weighted by Crippen LogP contribution is -2.43. The molecule has 2 aromatic rings. The van der Waals surface area contributed by atoms with E-state index in [-0.39, 0.29) is 12.5 Å². The van der Waals surface area contributed by atoms with Gasteiger partial charge in [-0.05, 0) is 24.1 Å². The third kappa shape index (κ3) is 3.30. The van der Waals surface area contributed by atoms with E-state index in [1.807, 2.05) is 18.2 Å². The van der Waals surface area contributed by atoms with Gasteiger partial charge in [-0.25, -0.2) is 4.98 Å². The van der Waals surface area contributed by atoms with Crippen LogP contribution >= 0.6 is 0 Å². The second-order valence-electron chi connectivity index (χ2n) is 4.37. The van der Waals surface area contributed by atoms with Crippen LogP contribution in [-0.2, 0) is 11.2 Å². The van der Waals surface area contributed by atoms with Crippen molar-refractivity contribution in [3.63, 3.8) is 0 Å². The van der Waals surface area contributed by atoms with Crippen LogP contribution in [0.1, 0.15) is 11.5 Å². The number of fused-ring (bicyclic) bond motifs is 1. The Hall–Kier alpha value is -1.92. The Morgan fingerprint density at radius 1 is 1.58 bits per heavy atom. The number of benzene rings is 1. The number of aliphatic hydroxyl groups excluding tert-OH is 1. The van der Waals surface area contributed by atoms with E-state index in [4.69, 9.17) is 15.3 Å². The highest BCUT2D eigenvalue weighted by molar-refractivity contribution is 5.81. The Kier molecular flexibility index (Phi) is 4.13. The van der Waals surface area contributed by atoms with Gasteiger partial charge in [0.2, 0.25) is 5.91 Å². The highest BCUT2D eigenvalue weighted by Gasteiger charge is 2.10. The van der Waals surface area contributed by atoms with Crippen molar-refractivity contribution in [1.82, 2.24) is 10.3 Å². The number of nitrogens with two attached hydrogens (primary N) is 1. The van der Waals surface area contributed by atoms with Crippen molar-refractivity contribution in [2.45, 2.75) is 19.4 Å². The lowest BCUT2D eigenvalue weighted by atomic mass is 10.1. The summed E-state index contributed by atoms with van der Waals surface area (Å²) in [6, 6.07) is 4.89. The van der Waals surface area contributed by atoms with Gasteiger partial charge in [0.25, 0.3) is 0 Å². The number of hydrogen-bond acceptors (Lipinski definition) is 5. The number of carbonyl (C=O) groups is 1. The summed E-state index contributed by atoms with van der Waals surface area (Å²) < 4.78 is 5.44. The molecule has 1 unspecified atom stereocenters. The van der Waals surface area contributed by atoms with Crippen molar-refractivity contribution in [3.05, 3.63) is 29.7 Å². The maximum atomic E-state index is 11.4. The monoisotopic (exact) mass is 263 g/mol. The third-order valence-corrected chi connectivity index (χ3v) is 2.81. The average molecular weight is 263 g/mol. The van der Waals surface area contributed by atoms with E-state index in [0.29, 0.717) is 18.9 Å². The molecule has 4 N–H and O–H groups in total. The van der Waals surface area contributed by atoms with E-state index in [0.717, 1.165) is 16.7 Å². The molecular weight excluding hydrogens is 246 g/mol. The number of carbonyl (C=O) groups excluding carboxylic acids is 1. The second kappa shape index (κ2) is 5.81. The topological polar surface area (TPSA) is 101 Å². The average Bonchev–Trinajstić information content (AvgIpc) is 2.77. The number of nitrogens with zero attached hydrogens (tertiary/aromatic N) is 1. The van der Waals surface area contributed by atoms with Gasteiger partial charge in [0.1, 0.15) is 11.6 Å². The number of amides is 1. The van der Waals surface area contributed by atoms with Crippen LogP contribution in [0.25, 0.3) is 11.1 Å². The molecule has 1 aromatic carbocycles. The SMILES string of the molecule is Cc1nc2ccc(CCNC(=O)C(N)CO)cc2o1. The van der Waals surface area contributed by atoms with Gasteiger partial charge in [-0.1, -0.05) is 6.07 Å². The molecule has 6 heteroatoms. The fraction of sp³-hybridized carbons (Fsp3) is 0.385. The van der Waals surface area contributed by atoms with Crippen LogP contribution in [-0.4, -0.2) is 35.2 Å². The molecule has 0 radical (unpaired) electrons. The van der Waals surface area contributed by atoms with E-state index in [1.54, 1.807) is 6.92 Å². The number of aromatic nitrogens is 1. The molecule has 0 aliphatic carbocycles. The summed E-state index contributed by atoms with van der Waals surface area (Å²) in [5, 5.41) is 11.4. The molecule has 0 saturated heterocycles. The van der Waals surface area contributed by atoms with Crippen molar-refractivity contribution in [2.24, 2.45) is 5.73 Å². The minimum atomic E-state index is -0.862. The van der Waals surface area contributed by atoms with Crippen molar-refractivity contribution >= 4 is 17.0 Å². The first kappa shape index (κ1) is 13.5. The zero-order valence-corrected chi connectivity index (χ0v) is 10.7. The van der Waals surface area contributed by atoms with E-state index in [1.165, 1.54) is 0 Å². The van der Waals surface area contributed by atoms with Crippen molar-refractivity contribution in [3.8, 4) is 0 Å². The molecule has 0 aliphatic heterocycles. The fourth-order valence-electron chi connectivity index (χ4n) is 1.78. The van der Waals surface area contributed by atoms with E-state index >= 15 is 0 Å². The molecule has 0 saturated carbocycles. The molecule has 1 amide bonds. The molecule has 102 valence electrons. The van der Waals surface area contributed by atoms with Gasteiger partial charge < -0.3 is 20.6 Å². The van der Waals surface area contributed by atoms with Crippen molar-refractivity contribution in [1.29, 1.82) is 0 Å². The number of aliphatic hydroxyl groups is 1. The summed E-state index contributed by atoms with van der Waals surface area (Å²) in [5.74, 6) is 0.286. The molecule has 1 atom stereocenters. The Labute approximate surface area is 110 Å². The summed E-state index contributed by atoms with van der Waals surface area (Å²) >= 11 is 0. The lowest BCUT2D eigenvalue weighted by molar-refractivity contribution is -0.123. The van der Waals surface area contributed by atoms with Crippen LogP contribution in [0.15, 0.2) is 22.6 Å². The Morgan fingerprint density at radius 3 is 3.11 bits per heavy atom. The molecule has 2 rings (SSSR count). The zero-order chi connectivity index (χ0) is 13.8. The summed E-state index contributed by atoms with van der Waals surface area (Å²) in [6.07, 6.45) is 0.666. The third-order valence-electron chi connectivity index (χ3n) is 2.81. The normalized spacial score (nSPS) is 12.6. The number of oxazole rings is 1. The van der Waals surface area contributed by atoms with Crippen LogP contribution < -0.4 is 11.1 Å².